The highest BCUT2D eigenvalue weighted by Gasteiger charge is 2.45. The fourth-order valence-corrected chi connectivity index (χ4v) is 5.81. The summed E-state index contributed by atoms with van der Waals surface area (Å²) in [6, 6.07) is 11.4. The number of anilines is 4. The van der Waals surface area contributed by atoms with Gasteiger partial charge in [0.1, 0.15) is 28.7 Å². The van der Waals surface area contributed by atoms with Gasteiger partial charge in [0.15, 0.2) is 0 Å². The summed E-state index contributed by atoms with van der Waals surface area (Å²) >= 11 is 12.5. The standard InChI is InChI=1S/C26H27Cl2FN6O/c1-30-15-7-10-33(11-8-15)17-4-2-3-16(13-17)32-26(36)24-22-23-25(35(22)24)31-9-12-34(23)14-18-19(27)5-6-20(29)21(18)28/h2-6,13,15,30-31H,7-12,14H2,1H3,(H,32,36). The maximum Gasteiger partial charge on any atom is 0.274 e. The van der Waals surface area contributed by atoms with Gasteiger partial charge in [0.25, 0.3) is 5.91 Å². The van der Waals surface area contributed by atoms with E-state index in [0.29, 0.717) is 42.0 Å². The van der Waals surface area contributed by atoms with Crippen molar-refractivity contribution in [3.63, 3.8) is 0 Å². The molecule has 0 bridgehead atoms. The predicted molar refractivity (Wildman–Crippen MR) is 144 cm³/mol. The van der Waals surface area contributed by atoms with Gasteiger partial charge < -0.3 is 25.8 Å². The number of amides is 1. The minimum atomic E-state index is -0.491. The van der Waals surface area contributed by atoms with Crippen molar-refractivity contribution in [2.75, 3.05) is 53.7 Å². The fourth-order valence-electron chi connectivity index (χ4n) is 5.32. The maximum absolute atomic E-state index is 14.0. The molecular formula is C26H27Cl2FN6O. The van der Waals surface area contributed by atoms with Crippen LogP contribution in [0.25, 0.3) is 5.69 Å². The van der Waals surface area contributed by atoms with Crippen LogP contribution in [-0.4, -0.2) is 49.7 Å². The fraction of sp³-hybridized carbons (Fsp3) is 0.346. The second kappa shape index (κ2) is 9.18. The van der Waals surface area contributed by atoms with E-state index in [1.165, 1.54) is 12.1 Å². The Balaban J connectivity index is 1.18. The number of benzene rings is 2. The van der Waals surface area contributed by atoms with Crippen molar-refractivity contribution in [1.82, 2.24) is 9.88 Å². The Bertz CT molecular complexity index is 1350. The summed E-state index contributed by atoms with van der Waals surface area (Å²) in [6.45, 7) is 3.75. The van der Waals surface area contributed by atoms with Crippen molar-refractivity contribution < 1.29 is 9.18 Å². The number of nitrogens with one attached hydrogen (secondary N) is 3. The van der Waals surface area contributed by atoms with E-state index in [1.54, 1.807) is 0 Å². The molecule has 36 heavy (non-hydrogen) atoms. The number of carbonyl (C=O) groups excluding carboxylic acids is 1. The zero-order valence-electron chi connectivity index (χ0n) is 19.9. The molecule has 6 rings (SSSR count). The molecule has 0 atom stereocenters. The molecule has 0 unspecified atom stereocenters. The molecule has 4 aliphatic rings. The monoisotopic (exact) mass is 528 g/mol. The third-order valence-corrected chi connectivity index (χ3v) is 8.12. The molecule has 2 aromatic rings. The lowest BCUT2D eigenvalue weighted by molar-refractivity contribution is 0.102. The van der Waals surface area contributed by atoms with Gasteiger partial charge in [-0.3, -0.25) is 9.36 Å². The molecule has 1 saturated heterocycles. The zero-order valence-corrected chi connectivity index (χ0v) is 21.4. The topological polar surface area (TPSA) is 64.6 Å². The van der Waals surface area contributed by atoms with Crippen molar-refractivity contribution in [3.8, 4) is 5.69 Å². The van der Waals surface area contributed by atoms with Gasteiger partial charge in [-0.05, 0) is 50.2 Å². The van der Waals surface area contributed by atoms with E-state index in [0.717, 1.165) is 54.5 Å². The maximum atomic E-state index is 14.0. The first-order chi connectivity index (χ1) is 17.5. The van der Waals surface area contributed by atoms with Gasteiger partial charge in [-0.25, -0.2) is 4.39 Å². The smallest absolute Gasteiger partial charge is 0.274 e. The summed E-state index contributed by atoms with van der Waals surface area (Å²) in [5.74, 6) is 0.259. The third kappa shape index (κ3) is 3.97. The van der Waals surface area contributed by atoms with Crippen LogP contribution in [0.1, 0.15) is 28.9 Å². The van der Waals surface area contributed by atoms with Gasteiger partial charge in [0.05, 0.1) is 5.02 Å². The minimum Gasteiger partial charge on any atom is -0.371 e. The SMILES string of the molecule is CNC1CCN(c2cccc(NC(=O)c3c4c5c(n3-4)NCCN5Cc3c(Cl)ccc(F)c3Cl)c2)CC1. The van der Waals surface area contributed by atoms with Gasteiger partial charge in [-0.1, -0.05) is 29.3 Å². The molecule has 3 N–H and O–H groups in total. The summed E-state index contributed by atoms with van der Waals surface area (Å²) in [7, 11) is 2.01. The van der Waals surface area contributed by atoms with Crippen LogP contribution in [0.15, 0.2) is 36.4 Å². The molecule has 7 nitrogen and oxygen atoms in total. The number of fused-ring (bicyclic) bond motifs is 4. The Labute approximate surface area is 219 Å². The van der Waals surface area contributed by atoms with Crippen molar-refractivity contribution >= 4 is 52.0 Å². The highest BCUT2D eigenvalue weighted by molar-refractivity contribution is 6.36. The molecule has 4 heterocycles. The quantitative estimate of drug-likeness (QED) is 0.303. The van der Waals surface area contributed by atoms with Crippen LogP contribution in [-0.2, 0) is 6.54 Å². The molecule has 1 amide bonds. The van der Waals surface area contributed by atoms with E-state index < -0.39 is 5.82 Å². The van der Waals surface area contributed by atoms with Crippen LogP contribution in [0.4, 0.5) is 27.3 Å². The van der Waals surface area contributed by atoms with Crippen LogP contribution in [0, 0.1) is 5.82 Å². The Morgan fingerprint density at radius 1 is 1.14 bits per heavy atom. The van der Waals surface area contributed by atoms with Crippen LogP contribution in [0.2, 0.25) is 10.0 Å². The molecular weight excluding hydrogens is 502 g/mol. The van der Waals surface area contributed by atoms with E-state index in [9.17, 15) is 9.18 Å². The summed E-state index contributed by atoms with van der Waals surface area (Å²) in [6.07, 6.45) is 2.20. The van der Waals surface area contributed by atoms with Crippen molar-refractivity contribution in [1.29, 1.82) is 0 Å². The average Bonchev–Trinajstić information content (AvgIpc) is 3.56. The van der Waals surface area contributed by atoms with Crippen LogP contribution in [0.5, 0.6) is 0 Å². The molecule has 0 spiro atoms. The second-order valence-corrected chi connectivity index (χ2v) is 10.2. The minimum absolute atomic E-state index is 0.0390. The Kier molecular flexibility index (Phi) is 5.98. The summed E-state index contributed by atoms with van der Waals surface area (Å²) in [4.78, 5) is 17.6. The van der Waals surface area contributed by atoms with Crippen molar-refractivity contribution in [2.24, 2.45) is 0 Å². The van der Waals surface area contributed by atoms with Gasteiger partial charge >= 0.3 is 0 Å². The highest BCUT2D eigenvalue weighted by Crippen LogP contribution is 2.55. The summed E-state index contributed by atoms with van der Waals surface area (Å²) in [5, 5.41) is 10.3. The van der Waals surface area contributed by atoms with Crippen LogP contribution in [0.3, 0.4) is 0 Å². The van der Waals surface area contributed by atoms with Crippen molar-refractivity contribution in [3.05, 3.63) is 63.5 Å². The van der Waals surface area contributed by atoms with Gasteiger partial charge in [-0.15, -0.1) is 0 Å². The molecule has 10 heteroatoms. The first kappa shape index (κ1) is 23.5. The van der Waals surface area contributed by atoms with Gasteiger partial charge in [0, 0.05) is 60.7 Å². The lowest BCUT2D eigenvalue weighted by Crippen LogP contribution is -2.41. The molecule has 0 radical (unpaired) electrons. The largest absolute Gasteiger partial charge is 0.371 e. The van der Waals surface area contributed by atoms with Crippen LogP contribution < -0.4 is 25.8 Å². The summed E-state index contributed by atoms with van der Waals surface area (Å²) in [5.41, 5.74) is 4.92. The number of piperidine rings is 1. The molecule has 1 fully saturated rings. The van der Waals surface area contributed by atoms with Gasteiger partial charge in [-0.2, -0.15) is 0 Å². The number of aromatic nitrogens is 1. The Morgan fingerprint density at radius 2 is 1.94 bits per heavy atom. The lowest BCUT2D eigenvalue weighted by Gasteiger charge is -2.35. The first-order valence-corrected chi connectivity index (χ1v) is 13.0. The lowest BCUT2D eigenvalue weighted by atomic mass is 10.0. The van der Waals surface area contributed by atoms with E-state index in [1.807, 2.05) is 29.8 Å². The number of rotatable bonds is 6. The Hall–Kier alpha value is -2.94. The molecule has 0 aromatic heterocycles. The normalized spacial score (nSPS) is 16.6. The molecule has 0 saturated carbocycles. The van der Waals surface area contributed by atoms with E-state index in [4.69, 9.17) is 23.2 Å². The number of nitrogens with zero attached hydrogens (tertiary/aromatic N) is 3. The second-order valence-electron chi connectivity index (χ2n) is 9.45. The predicted octanol–water partition coefficient (Wildman–Crippen LogP) is 5.11. The first-order valence-electron chi connectivity index (χ1n) is 12.2. The summed E-state index contributed by atoms with van der Waals surface area (Å²) < 4.78 is 16.0. The molecule has 2 aromatic carbocycles. The zero-order chi connectivity index (χ0) is 25.0. The number of halogens is 3. The highest BCUT2D eigenvalue weighted by atomic mass is 35.5. The molecule has 4 aliphatic heterocycles. The number of hydrogen-bond donors (Lipinski definition) is 3. The molecule has 188 valence electrons. The van der Waals surface area contributed by atoms with E-state index >= 15 is 0 Å². The number of hydrogen-bond acceptors (Lipinski definition) is 5. The Morgan fingerprint density at radius 3 is 2.72 bits per heavy atom. The third-order valence-electron chi connectivity index (χ3n) is 7.36. The van der Waals surface area contributed by atoms with E-state index in [2.05, 4.69) is 31.8 Å². The average molecular weight is 529 g/mol. The van der Waals surface area contributed by atoms with E-state index in [-0.39, 0.29) is 10.9 Å². The van der Waals surface area contributed by atoms with Crippen molar-refractivity contribution in [2.45, 2.75) is 25.4 Å². The van der Waals surface area contributed by atoms with Gasteiger partial charge in [0.2, 0.25) is 0 Å². The van der Waals surface area contributed by atoms with Crippen LogP contribution >= 0.6 is 23.2 Å². The number of carbonyl (C=O) groups is 1. The molecule has 0 aliphatic carbocycles.